The van der Waals surface area contributed by atoms with Crippen LogP contribution < -0.4 is 20.4 Å². The Kier molecular flexibility index (Phi) is 15.7. The van der Waals surface area contributed by atoms with Crippen molar-refractivity contribution in [2.75, 3.05) is 27.2 Å². The predicted octanol–water partition coefficient (Wildman–Crippen LogP) is 4.39. The summed E-state index contributed by atoms with van der Waals surface area (Å²) in [6.45, 7) is 28.7. The van der Waals surface area contributed by atoms with E-state index in [0.29, 0.717) is 13.1 Å². The molecule has 0 unspecified atom stereocenters. The van der Waals surface area contributed by atoms with Crippen LogP contribution in [0.4, 0.5) is 0 Å². The number of carbonyl (C=O) groups excluding carboxylic acids is 2. The number of hydrogen-bond acceptors (Lipinski definition) is 9. The van der Waals surface area contributed by atoms with Gasteiger partial charge in [-0.3, -0.25) is 0 Å². The SMILES string of the molecule is CN(CCN(C)Cc1cc(C(C)(C)C)cc(C(C)(C)C)c1[O-])Cc1cc(C(C)(C)C)cc(C(C)(C)C)c1[O-].O=C([O-])c1cccc(C(=O)[O-])n1.[Ti+4]. The third-order valence-electron chi connectivity index (χ3n) is 8.59. The summed E-state index contributed by atoms with van der Waals surface area (Å²) in [6.07, 6.45) is 0. The first-order valence-electron chi connectivity index (χ1n) is 17.1. The summed E-state index contributed by atoms with van der Waals surface area (Å²) >= 11 is 0. The number of benzene rings is 2. The van der Waals surface area contributed by atoms with E-state index in [9.17, 15) is 30.0 Å². The summed E-state index contributed by atoms with van der Waals surface area (Å²) in [4.78, 5) is 28.1. The number of aromatic carboxylic acids is 2. The normalized spacial score (nSPS) is 12.3. The number of aromatic nitrogens is 1. The molecular weight excluding hydrogens is 678 g/mol. The molecule has 3 aromatic rings. The van der Waals surface area contributed by atoms with Crippen LogP contribution >= 0.6 is 0 Å². The first-order valence-corrected chi connectivity index (χ1v) is 17.1. The van der Waals surface area contributed by atoms with Crippen molar-refractivity contribution in [2.45, 2.75) is 118 Å². The third-order valence-corrected chi connectivity index (χ3v) is 8.59. The average molecular weight is 736 g/mol. The summed E-state index contributed by atoms with van der Waals surface area (Å²) < 4.78 is 0. The van der Waals surface area contributed by atoms with Gasteiger partial charge in [-0.15, -0.1) is 11.5 Å². The fourth-order valence-electron chi connectivity index (χ4n) is 5.34. The molecule has 1 heterocycles. The first-order chi connectivity index (χ1) is 22.6. The van der Waals surface area contributed by atoms with E-state index in [2.05, 4.69) is 136 Å². The van der Waals surface area contributed by atoms with Gasteiger partial charge in [-0.1, -0.05) is 113 Å². The zero-order chi connectivity index (χ0) is 38.6. The van der Waals surface area contributed by atoms with Crippen molar-refractivity contribution in [1.82, 2.24) is 14.8 Å². The zero-order valence-electron chi connectivity index (χ0n) is 33.2. The Morgan fingerprint density at radius 3 is 1.16 bits per heavy atom. The van der Waals surface area contributed by atoms with E-state index in [1.54, 1.807) is 0 Å². The molecule has 0 N–H and O–H groups in total. The number of hydrogen-bond donors (Lipinski definition) is 0. The monoisotopic (exact) mass is 735 g/mol. The van der Waals surface area contributed by atoms with Gasteiger partial charge < -0.3 is 39.8 Å². The van der Waals surface area contributed by atoms with E-state index < -0.39 is 23.3 Å². The van der Waals surface area contributed by atoms with Gasteiger partial charge in [0.25, 0.3) is 0 Å². The van der Waals surface area contributed by atoms with Crippen LogP contribution in [0, 0.1) is 0 Å². The van der Waals surface area contributed by atoms with Crippen LogP contribution in [0.2, 0.25) is 0 Å². The maximum atomic E-state index is 13.4. The minimum Gasteiger partial charge on any atom is -0.872 e. The van der Waals surface area contributed by atoms with E-state index in [1.807, 2.05) is 0 Å². The molecule has 276 valence electrons. The molecule has 0 saturated carbocycles. The van der Waals surface area contributed by atoms with Gasteiger partial charge in [0, 0.05) is 26.2 Å². The molecule has 0 aliphatic carbocycles. The molecule has 0 aliphatic heterocycles. The Balaban J connectivity index is 0.000000843. The van der Waals surface area contributed by atoms with Crippen LogP contribution in [0.25, 0.3) is 0 Å². The molecule has 0 fully saturated rings. The molecule has 0 radical (unpaired) electrons. The van der Waals surface area contributed by atoms with Crippen molar-refractivity contribution in [1.29, 1.82) is 0 Å². The van der Waals surface area contributed by atoms with Crippen LogP contribution in [0.1, 0.15) is 137 Å². The molecule has 0 bridgehead atoms. The Bertz CT molecular complexity index is 1540. The molecule has 2 aromatic carbocycles. The second-order valence-corrected chi connectivity index (χ2v) is 17.5. The van der Waals surface area contributed by atoms with Crippen molar-refractivity contribution in [3.8, 4) is 11.5 Å². The van der Waals surface area contributed by atoms with Crippen LogP contribution in [0.15, 0.2) is 42.5 Å². The topological polar surface area (TPSA) is 146 Å². The third kappa shape index (κ3) is 13.4. The van der Waals surface area contributed by atoms with E-state index in [4.69, 9.17) is 0 Å². The number of carboxylic acids is 2. The van der Waals surface area contributed by atoms with E-state index in [0.717, 1.165) is 47.5 Å². The van der Waals surface area contributed by atoms with Crippen molar-refractivity contribution in [3.05, 3.63) is 87.2 Å². The van der Waals surface area contributed by atoms with Gasteiger partial charge in [0.1, 0.15) is 0 Å². The van der Waals surface area contributed by atoms with Crippen molar-refractivity contribution in [3.63, 3.8) is 0 Å². The fraction of sp³-hybridized carbons (Fsp3) is 0.537. The molecule has 10 heteroatoms. The van der Waals surface area contributed by atoms with Crippen LogP contribution in [-0.2, 0) is 56.5 Å². The van der Waals surface area contributed by atoms with Gasteiger partial charge in [0.2, 0.25) is 0 Å². The van der Waals surface area contributed by atoms with E-state index >= 15 is 0 Å². The minimum atomic E-state index is -1.52. The van der Waals surface area contributed by atoms with Crippen molar-refractivity contribution in [2.24, 2.45) is 0 Å². The number of likely N-dealkylation sites (N-methyl/N-ethyl adjacent to an activating group) is 2. The number of carbonyl (C=O) groups is 2. The molecule has 9 nitrogen and oxygen atoms in total. The van der Waals surface area contributed by atoms with Crippen LogP contribution in [0.3, 0.4) is 0 Å². The van der Waals surface area contributed by atoms with Gasteiger partial charge in [-0.2, -0.15) is 0 Å². The Hall–Kier alpha value is -3.24. The summed E-state index contributed by atoms with van der Waals surface area (Å²) in [7, 11) is 4.15. The molecule has 0 amide bonds. The largest absolute Gasteiger partial charge is 4.00 e. The van der Waals surface area contributed by atoms with Crippen LogP contribution in [0.5, 0.6) is 11.5 Å². The maximum absolute atomic E-state index is 13.4. The second-order valence-electron chi connectivity index (χ2n) is 17.5. The number of nitrogens with zero attached hydrogens (tertiary/aromatic N) is 3. The molecule has 0 aliphatic rings. The molecule has 0 atom stereocenters. The quantitative estimate of drug-likeness (QED) is 0.292. The average Bonchev–Trinajstić information content (AvgIpc) is 2.96. The van der Waals surface area contributed by atoms with E-state index in [-0.39, 0.29) is 54.9 Å². The van der Waals surface area contributed by atoms with E-state index in [1.165, 1.54) is 17.2 Å². The Morgan fingerprint density at radius 2 is 0.902 bits per heavy atom. The predicted molar refractivity (Wildman–Crippen MR) is 192 cm³/mol. The molecule has 1 aromatic heterocycles. The van der Waals surface area contributed by atoms with Gasteiger partial charge >= 0.3 is 21.7 Å². The molecule has 51 heavy (non-hydrogen) atoms. The summed E-state index contributed by atoms with van der Waals surface area (Å²) in [5.41, 5.74) is 4.64. The zero-order valence-corrected chi connectivity index (χ0v) is 34.7. The Labute approximate surface area is 321 Å². The van der Waals surface area contributed by atoms with Gasteiger partial charge in [0.05, 0.1) is 23.3 Å². The Morgan fingerprint density at radius 1 is 0.588 bits per heavy atom. The summed E-state index contributed by atoms with van der Waals surface area (Å²) in [5.74, 6) is -2.71. The molecular formula is C41H57N3O6Ti. The van der Waals surface area contributed by atoms with Gasteiger partial charge in [-0.05, 0) is 81.3 Å². The molecule has 0 saturated heterocycles. The standard InChI is InChI=1S/C34H56N2O2.C7H5NO4.Ti/c1-31(2,3)25-17-23(29(37)27(19-25)33(7,8)9)21-35(13)15-16-36(14)22-24-18-26(32(4,5)6)20-28(30(24)38)34(10,11)12;9-6(10)4-2-1-3-5(8-4)7(11)12;/h17-20,37-38H,15-16,21-22H2,1-14H3;1-3H,(H,9,10)(H,11,12);/q;;+4/p-4. The number of carboxylic acid groups (broad SMARTS) is 2. The maximum Gasteiger partial charge on any atom is 4.00 e. The minimum absolute atomic E-state index is 0. The van der Waals surface area contributed by atoms with Gasteiger partial charge in [0.15, 0.2) is 0 Å². The smallest absolute Gasteiger partial charge is 0.872 e. The molecule has 3 rings (SSSR count). The van der Waals surface area contributed by atoms with Crippen LogP contribution in [-0.4, -0.2) is 53.9 Å². The second kappa shape index (κ2) is 17.5. The number of pyridine rings is 1. The van der Waals surface area contributed by atoms with Crippen molar-refractivity contribution >= 4 is 11.9 Å². The fourth-order valence-corrected chi connectivity index (χ4v) is 5.34. The van der Waals surface area contributed by atoms with Gasteiger partial charge in [-0.25, -0.2) is 4.98 Å². The number of rotatable bonds is 9. The molecule has 0 spiro atoms. The van der Waals surface area contributed by atoms with Crippen molar-refractivity contribution < 1.29 is 51.7 Å². The first kappa shape index (κ1) is 45.8. The summed E-state index contributed by atoms with van der Waals surface area (Å²) in [6, 6.07) is 12.0. The summed E-state index contributed by atoms with van der Waals surface area (Å²) in [5, 5.41) is 47.2.